The first-order valence-corrected chi connectivity index (χ1v) is 16.4. The molecule has 0 spiro atoms. The van der Waals surface area contributed by atoms with E-state index in [2.05, 4.69) is 161 Å². The maximum absolute atomic E-state index is 2.54. The average Bonchev–Trinajstić information content (AvgIpc) is 3.75. The zero-order chi connectivity index (χ0) is 29.5. The topological polar surface area (TPSA) is 9.86 Å². The van der Waals surface area contributed by atoms with Crippen molar-refractivity contribution in [2.75, 3.05) is 0 Å². The molecule has 1 aliphatic rings. The maximum atomic E-state index is 2.54. The highest BCUT2D eigenvalue weighted by Crippen LogP contribution is 2.41. The van der Waals surface area contributed by atoms with Gasteiger partial charge in [0, 0.05) is 52.9 Å². The van der Waals surface area contributed by atoms with E-state index in [1.165, 1.54) is 80.6 Å². The third kappa shape index (κ3) is 3.68. The molecule has 0 fully saturated rings. The summed E-state index contributed by atoms with van der Waals surface area (Å²) in [6.45, 7) is 0. The minimum atomic E-state index is 0.296. The maximum Gasteiger partial charge on any atom is 0.0562 e. The van der Waals surface area contributed by atoms with E-state index in [1.807, 2.05) is 11.3 Å². The Labute approximate surface area is 264 Å². The summed E-state index contributed by atoms with van der Waals surface area (Å²) >= 11 is 1.87. The van der Waals surface area contributed by atoms with Gasteiger partial charge in [0.2, 0.25) is 0 Å². The van der Waals surface area contributed by atoms with Gasteiger partial charge in [-0.2, -0.15) is 0 Å². The molecular formula is C42H28N2S. The molecule has 0 bridgehead atoms. The summed E-state index contributed by atoms with van der Waals surface area (Å²) in [5.74, 6) is 0. The number of para-hydroxylation sites is 2. The summed E-state index contributed by atoms with van der Waals surface area (Å²) in [5, 5.41) is 7.88. The number of fused-ring (bicyclic) bond motifs is 9. The van der Waals surface area contributed by atoms with Crippen molar-refractivity contribution in [3.8, 4) is 16.8 Å². The molecular weight excluding hydrogens is 565 g/mol. The molecule has 0 aliphatic heterocycles. The number of allylic oxidation sites excluding steroid dienone is 4. The molecule has 3 heteroatoms. The molecule has 10 rings (SSSR count). The highest BCUT2D eigenvalue weighted by Gasteiger charge is 2.20. The Morgan fingerprint density at radius 2 is 1.18 bits per heavy atom. The highest BCUT2D eigenvalue weighted by molar-refractivity contribution is 7.25. The quantitative estimate of drug-likeness (QED) is 0.193. The Kier molecular flexibility index (Phi) is 5.31. The SMILES string of the molecule is C1=CCC(n2c3ccccc3c3cc4c5ccccc5n(-c5ccc(-c6ccc7sc8ccccc8c7c6)cc5)c4cc32)C=C1. The summed E-state index contributed by atoms with van der Waals surface area (Å²) in [4.78, 5) is 0. The van der Waals surface area contributed by atoms with Gasteiger partial charge in [-0.25, -0.2) is 0 Å². The van der Waals surface area contributed by atoms with Crippen molar-refractivity contribution in [2.24, 2.45) is 0 Å². The van der Waals surface area contributed by atoms with E-state index in [0.29, 0.717) is 6.04 Å². The first-order valence-electron chi connectivity index (χ1n) is 15.6. The Morgan fingerprint density at radius 1 is 0.489 bits per heavy atom. The Bertz CT molecular complexity index is 2680. The van der Waals surface area contributed by atoms with E-state index in [9.17, 15) is 0 Å². The van der Waals surface area contributed by atoms with Gasteiger partial charge in [-0.15, -0.1) is 11.3 Å². The van der Waals surface area contributed by atoms with E-state index >= 15 is 0 Å². The van der Waals surface area contributed by atoms with Crippen LogP contribution in [-0.2, 0) is 0 Å². The van der Waals surface area contributed by atoms with E-state index < -0.39 is 0 Å². The van der Waals surface area contributed by atoms with Gasteiger partial charge in [-0.1, -0.05) is 97.1 Å². The van der Waals surface area contributed by atoms with Crippen LogP contribution in [0.25, 0.3) is 80.6 Å². The molecule has 1 unspecified atom stereocenters. The summed E-state index contributed by atoms with van der Waals surface area (Å²) < 4.78 is 7.67. The molecule has 9 aromatic rings. The minimum Gasteiger partial charge on any atom is -0.333 e. The van der Waals surface area contributed by atoms with E-state index in [0.717, 1.165) is 6.42 Å². The lowest BCUT2D eigenvalue weighted by atomic mass is 10.0. The largest absolute Gasteiger partial charge is 0.333 e. The Morgan fingerprint density at radius 3 is 2.00 bits per heavy atom. The molecule has 45 heavy (non-hydrogen) atoms. The summed E-state index contributed by atoms with van der Waals surface area (Å²) in [5.41, 5.74) is 8.70. The molecule has 0 amide bonds. The van der Waals surface area contributed by atoms with Gasteiger partial charge in [-0.3, -0.25) is 0 Å². The molecule has 212 valence electrons. The predicted octanol–water partition coefficient (Wildman–Crippen LogP) is 12.0. The molecule has 1 atom stereocenters. The van der Waals surface area contributed by atoms with Gasteiger partial charge in [0.25, 0.3) is 0 Å². The monoisotopic (exact) mass is 592 g/mol. The van der Waals surface area contributed by atoms with Crippen LogP contribution < -0.4 is 0 Å². The van der Waals surface area contributed by atoms with Crippen molar-refractivity contribution in [1.82, 2.24) is 9.13 Å². The van der Waals surface area contributed by atoms with Gasteiger partial charge in [0.1, 0.15) is 0 Å². The van der Waals surface area contributed by atoms with Crippen LogP contribution in [-0.4, -0.2) is 9.13 Å². The highest BCUT2D eigenvalue weighted by atomic mass is 32.1. The number of benzene rings is 6. The van der Waals surface area contributed by atoms with Crippen molar-refractivity contribution in [1.29, 1.82) is 0 Å². The Hall–Kier alpha value is -5.38. The van der Waals surface area contributed by atoms with Crippen LogP contribution in [0.2, 0.25) is 0 Å². The van der Waals surface area contributed by atoms with E-state index in [1.54, 1.807) is 0 Å². The smallest absolute Gasteiger partial charge is 0.0562 e. The van der Waals surface area contributed by atoms with Crippen molar-refractivity contribution < 1.29 is 0 Å². The van der Waals surface area contributed by atoms with Gasteiger partial charge >= 0.3 is 0 Å². The van der Waals surface area contributed by atoms with Crippen LogP contribution in [0.3, 0.4) is 0 Å². The van der Waals surface area contributed by atoms with Crippen LogP contribution in [0.1, 0.15) is 12.5 Å². The molecule has 0 saturated heterocycles. The zero-order valence-electron chi connectivity index (χ0n) is 24.5. The van der Waals surface area contributed by atoms with Crippen LogP contribution >= 0.6 is 11.3 Å². The van der Waals surface area contributed by atoms with Gasteiger partial charge in [0.15, 0.2) is 0 Å². The van der Waals surface area contributed by atoms with Crippen LogP contribution in [0.4, 0.5) is 0 Å². The van der Waals surface area contributed by atoms with Crippen molar-refractivity contribution in [3.05, 3.63) is 152 Å². The molecule has 0 N–H and O–H groups in total. The standard InChI is InChI=1S/C42H28N2S/c1-2-10-29(11-3-1)43-37-15-7-4-12-31(37)34-25-35-32-13-5-8-16-38(32)44(40(35)26-39(34)43)30-21-18-27(19-22-30)28-20-23-42-36(24-28)33-14-6-9-17-41(33)45-42/h1-10,12-26,29H,11H2. The molecule has 1 aliphatic carbocycles. The number of hydrogen-bond acceptors (Lipinski definition) is 1. The molecule has 3 aromatic heterocycles. The lowest BCUT2D eigenvalue weighted by Crippen LogP contribution is -2.06. The fraction of sp³-hybridized carbons (Fsp3) is 0.0476. The number of hydrogen-bond donors (Lipinski definition) is 0. The first kappa shape index (κ1) is 25.0. The molecule has 2 nitrogen and oxygen atoms in total. The number of aromatic nitrogens is 2. The van der Waals surface area contributed by atoms with Crippen LogP contribution in [0, 0.1) is 0 Å². The number of rotatable bonds is 3. The normalized spacial score (nSPS) is 15.1. The van der Waals surface area contributed by atoms with Crippen LogP contribution in [0.15, 0.2) is 152 Å². The lowest BCUT2D eigenvalue weighted by molar-refractivity contribution is 0.648. The molecule has 0 radical (unpaired) electrons. The number of nitrogens with zero attached hydrogens (tertiary/aromatic N) is 2. The van der Waals surface area contributed by atoms with E-state index in [-0.39, 0.29) is 0 Å². The third-order valence-corrected chi connectivity index (χ3v) is 10.8. The Balaban J connectivity index is 1.18. The molecule has 3 heterocycles. The van der Waals surface area contributed by atoms with Gasteiger partial charge < -0.3 is 9.13 Å². The van der Waals surface area contributed by atoms with Crippen LogP contribution in [0.5, 0.6) is 0 Å². The third-order valence-electron chi connectivity index (χ3n) is 9.63. The zero-order valence-corrected chi connectivity index (χ0v) is 25.3. The summed E-state index contributed by atoms with van der Waals surface area (Å²) in [7, 11) is 0. The second-order valence-electron chi connectivity index (χ2n) is 12.1. The number of thiophene rings is 1. The first-order chi connectivity index (χ1) is 22.3. The second-order valence-corrected chi connectivity index (χ2v) is 13.2. The second kappa shape index (κ2) is 9.56. The fourth-order valence-corrected chi connectivity index (χ4v) is 8.65. The van der Waals surface area contributed by atoms with Crippen molar-refractivity contribution in [3.63, 3.8) is 0 Å². The molecule has 0 saturated carbocycles. The molecule has 6 aromatic carbocycles. The fourth-order valence-electron chi connectivity index (χ4n) is 7.56. The summed E-state index contributed by atoms with van der Waals surface area (Å²) in [6.07, 6.45) is 9.95. The van der Waals surface area contributed by atoms with E-state index in [4.69, 9.17) is 0 Å². The van der Waals surface area contributed by atoms with Gasteiger partial charge in [-0.05, 0) is 72.1 Å². The minimum absolute atomic E-state index is 0.296. The van der Waals surface area contributed by atoms with Gasteiger partial charge in [0.05, 0.1) is 22.6 Å². The lowest BCUT2D eigenvalue weighted by Gasteiger charge is -2.18. The van der Waals surface area contributed by atoms with Crippen molar-refractivity contribution >= 4 is 75.1 Å². The van der Waals surface area contributed by atoms with Crippen molar-refractivity contribution in [2.45, 2.75) is 12.5 Å². The summed E-state index contributed by atoms with van der Waals surface area (Å²) in [6, 6.07) is 47.6. The average molecular weight is 593 g/mol. The predicted molar refractivity (Wildman–Crippen MR) is 194 cm³/mol.